The van der Waals surface area contributed by atoms with Crippen molar-refractivity contribution in [3.8, 4) is 0 Å². The second-order valence-corrected chi connectivity index (χ2v) is 4.12. The second kappa shape index (κ2) is 7.82. The van der Waals surface area contributed by atoms with E-state index in [0.29, 0.717) is 6.54 Å². The first-order valence-corrected chi connectivity index (χ1v) is 6.44. The molecule has 18 heavy (non-hydrogen) atoms. The van der Waals surface area contributed by atoms with Crippen LogP contribution < -0.4 is 5.32 Å². The molecule has 0 aliphatic rings. The number of carbonyl (C=O) groups is 1. The van der Waals surface area contributed by atoms with Gasteiger partial charge < -0.3 is 10.2 Å². The quantitative estimate of drug-likeness (QED) is 0.755. The van der Waals surface area contributed by atoms with Gasteiger partial charge in [0, 0.05) is 6.54 Å². The molecule has 0 spiro atoms. The van der Waals surface area contributed by atoms with Crippen molar-refractivity contribution < 1.29 is 9.18 Å². The number of carbonyl (C=O) groups excluding carboxylic acids is 1. The van der Waals surface area contributed by atoms with Gasteiger partial charge in [-0.3, -0.25) is 4.79 Å². The van der Waals surface area contributed by atoms with Crippen LogP contribution in [0, 0.1) is 5.82 Å². The summed E-state index contributed by atoms with van der Waals surface area (Å²) in [5.41, 5.74) is 0.111. The Balaban J connectivity index is 2.32. The number of nitrogens with zero attached hydrogens (tertiary/aromatic N) is 1. The van der Waals surface area contributed by atoms with Gasteiger partial charge in [-0.2, -0.15) is 0 Å². The first-order valence-electron chi connectivity index (χ1n) is 6.44. The van der Waals surface area contributed by atoms with Crippen LogP contribution in [0.15, 0.2) is 24.3 Å². The van der Waals surface area contributed by atoms with Crippen molar-refractivity contribution in [2.45, 2.75) is 20.3 Å². The van der Waals surface area contributed by atoms with E-state index < -0.39 is 5.82 Å². The number of halogens is 1. The highest BCUT2D eigenvalue weighted by Gasteiger charge is 2.09. The van der Waals surface area contributed by atoms with Crippen LogP contribution in [0.1, 0.15) is 30.6 Å². The molecular weight excluding hydrogens is 231 g/mol. The van der Waals surface area contributed by atoms with Crippen molar-refractivity contribution >= 4 is 5.91 Å². The fraction of sp³-hybridized carbons (Fsp3) is 0.500. The molecule has 0 atom stereocenters. The van der Waals surface area contributed by atoms with Crippen molar-refractivity contribution in [1.29, 1.82) is 0 Å². The SMILES string of the molecule is CCN(CC)CCCNC(=O)c1ccccc1F. The van der Waals surface area contributed by atoms with Gasteiger partial charge in [-0.05, 0) is 38.2 Å². The van der Waals surface area contributed by atoms with Crippen LogP contribution in [0.25, 0.3) is 0 Å². The first kappa shape index (κ1) is 14.6. The highest BCUT2D eigenvalue weighted by molar-refractivity contribution is 5.94. The molecule has 1 N–H and O–H groups in total. The Labute approximate surface area is 108 Å². The normalized spacial score (nSPS) is 10.7. The monoisotopic (exact) mass is 252 g/mol. The number of amides is 1. The molecule has 100 valence electrons. The summed E-state index contributed by atoms with van der Waals surface area (Å²) in [4.78, 5) is 14.0. The lowest BCUT2D eigenvalue weighted by molar-refractivity contribution is 0.0948. The molecule has 0 fully saturated rings. The van der Waals surface area contributed by atoms with E-state index in [1.54, 1.807) is 12.1 Å². The summed E-state index contributed by atoms with van der Waals surface area (Å²) in [7, 11) is 0. The molecule has 0 aliphatic carbocycles. The molecule has 1 aromatic carbocycles. The molecule has 0 unspecified atom stereocenters. The van der Waals surface area contributed by atoms with E-state index >= 15 is 0 Å². The number of nitrogens with one attached hydrogen (secondary N) is 1. The van der Waals surface area contributed by atoms with Crippen LogP contribution in [0.5, 0.6) is 0 Å². The average Bonchev–Trinajstić information content (AvgIpc) is 2.39. The number of benzene rings is 1. The third-order valence-electron chi connectivity index (χ3n) is 2.95. The van der Waals surface area contributed by atoms with Crippen molar-refractivity contribution in [2.75, 3.05) is 26.2 Å². The summed E-state index contributed by atoms with van der Waals surface area (Å²) in [5, 5.41) is 2.74. The summed E-state index contributed by atoms with van der Waals surface area (Å²) in [6, 6.07) is 6.03. The van der Waals surface area contributed by atoms with E-state index in [-0.39, 0.29) is 11.5 Å². The van der Waals surface area contributed by atoms with Crippen LogP contribution >= 0.6 is 0 Å². The zero-order chi connectivity index (χ0) is 13.4. The molecule has 3 nitrogen and oxygen atoms in total. The lowest BCUT2D eigenvalue weighted by Gasteiger charge is -2.17. The van der Waals surface area contributed by atoms with E-state index in [1.165, 1.54) is 12.1 Å². The summed E-state index contributed by atoms with van der Waals surface area (Å²) < 4.78 is 13.3. The fourth-order valence-corrected chi connectivity index (χ4v) is 1.78. The molecule has 0 aromatic heterocycles. The number of hydrogen-bond donors (Lipinski definition) is 1. The topological polar surface area (TPSA) is 32.3 Å². The van der Waals surface area contributed by atoms with Crippen molar-refractivity contribution in [2.24, 2.45) is 0 Å². The third-order valence-corrected chi connectivity index (χ3v) is 2.95. The smallest absolute Gasteiger partial charge is 0.254 e. The number of hydrogen-bond acceptors (Lipinski definition) is 2. The molecule has 0 radical (unpaired) electrons. The summed E-state index contributed by atoms with van der Waals surface area (Å²) in [6.07, 6.45) is 0.877. The predicted molar refractivity (Wildman–Crippen MR) is 71.1 cm³/mol. The van der Waals surface area contributed by atoms with Gasteiger partial charge in [-0.25, -0.2) is 4.39 Å². The Morgan fingerprint density at radius 2 is 1.94 bits per heavy atom. The van der Waals surface area contributed by atoms with Gasteiger partial charge in [-0.1, -0.05) is 26.0 Å². The highest BCUT2D eigenvalue weighted by Crippen LogP contribution is 2.05. The van der Waals surface area contributed by atoms with E-state index in [0.717, 1.165) is 26.1 Å². The summed E-state index contributed by atoms with van der Waals surface area (Å²) >= 11 is 0. The van der Waals surface area contributed by atoms with Crippen LogP contribution in [-0.2, 0) is 0 Å². The minimum absolute atomic E-state index is 0.111. The third kappa shape index (κ3) is 4.45. The summed E-state index contributed by atoms with van der Waals surface area (Å²) in [6.45, 7) is 7.77. The van der Waals surface area contributed by atoms with E-state index in [2.05, 4.69) is 24.1 Å². The Kier molecular flexibility index (Phi) is 6.36. The fourth-order valence-electron chi connectivity index (χ4n) is 1.78. The summed E-state index contributed by atoms with van der Waals surface area (Å²) in [5.74, 6) is -0.814. The molecule has 1 rings (SSSR count). The largest absolute Gasteiger partial charge is 0.352 e. The zero-order valence-corrected chi connectivity index (χ0v) is 11.1. The van der Waals surface area contributed by atoms with Gasteiger partial charge in [-0.15, -0.1) is 0 Å². The Hall–Kier alpha value is -1.42. The average molecular weight is 252 g/mol. The van der Waals surface area contributed by atoms with Gasteiger partial charge in [0.05, 0.1) is 5.56 Å². The Morgan fingerprint density at radius 3 is 2.56 bits per heavy atom. The lowest BCUT2D eigenvalue weighted by atomic mass is 10.2. The maximum atomic E-state index is 13.3. The minimum Gasteiger partial charge on any atom is -0.352 e. The van der Waals surface area contributed by atoms with Gasteiger partial charge >= 0.3 is 0 Å². The van der Waals surface area contributed by atoms with Gasteiger partial charge in [0.2, 0.25) is 0 Å². The minimum atomic E-state index is -0.473. The van der Waals surface area contributed by atoms with Crippen LogP contribution in [0.4, 0.5) is 4.39 Å². The van der Waals surface area contributed by atoms with Crippen LogP contribution in [0.2, 0.25) is 0 Å². The Morgan fingerprint density at radius 1 is 1.28 bits per heavy atom. The van der Waals surface area contributed by atoms with Gasteiger partial charge in [0.1, 0.15) is 5.82 Å². The van der Waals surface area contributed by atoms with E-state index in [4.69, 9.17) is 0 Å². The van der Waals surface area contributed by atoms with Crippen molar-refractivity contribution in [3.05, 3.63) is 35.6 Å². The second-order valence-electron chi connectivity index (χ2n) is 4.12. The van der Waals surface area contributed by atoms with Crippen molar-refractivity contribution in [1.82, 2.24) is 10.2 Å². The molecule has 0 heterocycles. The standard InChI is InChI=1S/C14H21FN2O/c1-3-17(4-2)11-7-10-16-14(18)12-8-5-6-9-13(12)15/h5-6,8-9H,3-4,7,10-11H2,1-2H3,(H,16,18). The molecule has 4 heteroatoms. The molecule has 1 amide bonds. The molecule has 0 saturated carbocycles. The van der Waals surface area contributed by atoms with Crippen LogP contribution in [-0.4, -0.2) is 37.0 Å². The van der Waals surface area contributed by atoms with Crippen molar-refractivity contribution in [3.63, 3.8) is 0 Å². The van der Waals surface area contributed by atoms with Crippen LogP contribution in [0.3, 0.4) is 0 Å². The maximum absolute atomic E-state index is 13.3. The predicted octanol–water partition coefficient (Wildman–Crippen LogP) is 2.29. The lowest BCUT2D eigenvalue weighted by Crippen LogP contribution is -2.30. The molecule has 0 bridgehead atoms. The van der Waals surface area contributed by atoms with Gasteiger partial charge in [0.25, 0.3) is 5.91 Å². The first-order chi connectivity index (χ1) is 8.69. The molecule has 1 aromatic rings. The Bertz CT molecular complexity index is 378. The highest BCUT2D eigenvalue weighted by atomic mass is 19.1. The molecule has 0 saturated heterocycles. The maximum Gasteiger partial charge on any atom is 0.254 e. The van der Waals surface area contributed by atoms with E-state index in [9.17, 15) is 9.18 Å². The molecular formula is C14H21FN2O. The van der Waals surface area contributed by atoms with E-state index in [1.807, 2.05) is 0 Å². The number of rotatable bonds is 7. The van der Waals surface area contributed by atoms with Gasteiger partial charge in [0.15, 0.2) is 0 Å². The zero-order valence-electron chi connectivity index (χ0n) is 11.1. The molecule has 0 aliphatic heterocycles.